The summed E-state index contributed by atoms with van der Waals surface area (Å²) in [6, 6.07) is 6.24. The van der Waals surface area contributed by atoms with E-state index in [1.807, 2.05) is 24.3 Å². The van der Waals surface area contributed by atoms with E-state index in [1.54, 1.807) is 0 Å². The van der Waals surface area contributed by atoms with E-state index in [2.05, 4.69) is 34.9 Å². The highest BCUT2D eigenvalue weighted by Gasteiger charge is 2.37. The van der Waals surface area contributed by atoms with Crippen LogP contribution in [0.3, 0.4) is 0 Å². The van der Waals surface area contributed by atoms with Gasteiger partial charge in [0.1, 0.15) is 10.6 Å². The Morgan fingerprint density at radius 3 is 2.69 bits per heavy atom. The molecule has 1 aromatic heterocycles. The summed E-state index contributed by atoms with van der Waals surface area (Å²) in [5, 5.41) is 0.778. The molecule has 0 amide bonds. The summed E-state index contributed by atoms with van der Waals surface area (Å²) in [4.78, 5) is 27.7. The smallest absolute Gasteiger partial charge is 0.271 e. The monoisotopic (exact) mass is 455 g/mol. The molecule has 3 N–H and O–H groups in total. The second-order valence-corrected chi connectivity index (χ2v) is 8.71. The van der Waals surface area contributed by atoms with E-state index >= 15 is 0 Å². The predicted octanol–water partition coefficient (Wildman–Crippen LogP) is 4.99. The number of aromatic nitrogens is 1. The van der Waals surface area contributed by atoms with Crippen molar-refractivity contribution < 1.29 is 9.18 Å². The number of anilines is 1. The van der Waals surface area contributed by atoms with Crippen molar-refractivity contribution in [2.75, 3.05) is 18.1 Å². The highest BCUT2D eigenvalue weighted by atomic mass is 32.1. The van der Waals surface area contributed by atoms with Crippen LogP contribution in [-0.4, -0.2) is 29.4 Å². The third-order valence-electron chi connectivity index (χ3n) is 5.49. The van der Waals surface area contributed by atoms with Gasteiger partial charge in [-0.05, 0) is 74.0 Å². The first kappa shape index (κ1) is 23.9. The molecular formula is C25H30FN3O2S. The lowest BCUT2D eigenvalue weighted by molar-refractivity contribution is 0.103. The van der Waals surface area contributed by atoms with Gasteiger partial charge in [0, 0.05) is 18.2 Å². The summed E-state index contributed by atoms with van der Waals surface area (Å²) in [7, 11) is 0. The van der Waals surface area contributed by atoms with Crippen LogP contribution in [0.1, 0.15) is 60.2 Å². The van der Waals surface area contributed by atoms with E-state index in [-0.39, 0.29) is 23.6 Å². The van der Waals surface area contributed by atoms with Crippen LogP contribution in [-0.2, 0) is 6.54 Å². The van der Waals surface area contributed by atoms with Crippen LogP contribution in [0.15, 0.2) is 53.4 Å². The molecule has 0 unspecified atom stereocenters. The molecule has 0 spiro atoms. The number of nitrogens with one attached hydrogen (secondary N) is 1. The topological polar surface area (TPSA) is 79.2 Å². The molecule has 32 heavy (non-hydrogen) atoms. The van der Waals surface area contributed by atoms with E-state index in [9.17, 15) is 14.0 Å². The third kappa shape index (κ3) is 5.16. The van der Waals surface area contributed by atoms with Crippen LogP contribution in [0.5, 0.6) is 0 Å². The maximum atomic E-state index is 13.1. The maximum Gasteiger partial charge on any atom is 0.271 e. The Hall–Kier alpha value is -2.77. The SMILES string of the molecule is C=C/C(=C\C=C(/C)CCN)c1ccc2c(c1)CN(C1CC1)c1s[nH]c(=O)c1C2=O.CCF. The Bertz CT molecular complexity index is 1110. The highest BCUT2D eigenvalue weighted by molar-refractivity contribution is 7.10. The zero-order valence-electron chi connectivity index (χ0n) is 18.6. The molecule has 0 bridgehead atoms. The Labute approximate surface area is 192 Å². The first-order valence-electron chi connectivity index (χ1n) is 10.9. The van der Waals surface area contributed by atoms with Crippen LogP contribution in [0, 0.1) is 0 Å². The predicted molar refractivity (Wildman–Crippen MR) is 131 cm³/mol. The Morgan fingerprint density at radius 2 is 2.06 bits per heavy atom. The number of fused-ring (bicyclic) bond motifs is 2. The molecule has 5 nitrogen and oxygen atoms in total. The van der Waals surface area contributed by atoms with Crippen molar-refractivity contribution >= 4 is 27.9 Å². The van der Waals surface area contributed by atoms with Gasteiger partial charge >= 0.3 is 0 Å². The number of alkyl halides is 1. The Kier molecular flexibility index (Phi) is 7.99. The lowest BCUT2D eigenvalue weighted by atomic mass is 9.95. The Balaban J connectivity index is 0.000000913. The summed E-state index contributed by atoms with van der Waals surface area (Å²) >= 11 is 1.27. The minimum atomic E-state index is -0.287. The van der Waals surface area contributed by atoms with Gasteiger partial charge in [0.15, 0.2) is 0 Å². The van der Waals surface area contributed by atoms with Gasteiger partial charge in [0.25, 0.3) is 5.56 Å². The average Bonchev–Trinajstić information content (AvgIpc) is 3.55. The number of nitrogens with zero attached hydrogens (tertiary/aromatic N) is 1. The Morgan fingerprint density at radius 1 is 1.34 bits per heavy atom. The lowest BCUT2D eigenvalue weighted by Gasteiger charge is -2.22. The van der Waals surface area contributed by atoms with Crippen molar-refractivity contribution in [1.82, 2.24) is 4.37 Å². The largest absolute Gasteiger partial charge is 0.354 e. The molecule has 7 heteroatoms. The molecule has 1 saturated carbocycles. The minimum Gasteiger partial charge on any atom is -0.354 e. The quantitative estimate of drug-likeness (QED) is 0.602. The van der Waals surface area contributed by atoms with Crippen LogP contribution < -0.4 is 16.2 Å². The molecule has 170 valence electrons. The first-order chi connectivity index (χ1) is 15.4. The molecule has 2 aliphatic rings. The van der Waals surface area contributed by atoms with Crippen molar-refractivity contribution in [1.29, 1.82) is 0 Å². The van der Waals surface area contributed by atoms with Crippen LogP contribution in [0.4, 0.5) is 9.39 Å². The van der Waals surface area contributed by atoms with Gasteiger partial charge < -0.3 is 10.6 Å². The van der Waals surface area contributed by atoms with Crippen LogP contribution in [0.25, 0.3) is 5.57 Å². The first-order valence-corrected chi connectivity index (χ1v) is 11.7. The van der Waals surface area contributed by atoms with Crippen molar-refractivity contribution in [2.24, 2.45) is 5.73 Å². The second kappa shape index (κ2) is 10.7. The van der Waals surface area contributed by atoms with Crippen molar-refractivity contribution in [3.8, 4) is 0 Å². The number of hydrogen-bond acceptors (Lipinski definition) is 5. The van der Waals surface area contributed by atoms with E-state index in [0.717, 1.165) is 41.0 Å². The molecule has 1 aromatic carbocycles. The fraction of sp³-hybridized carbons (Fsp3) is 0.360. The van der Waals surface area contributed by atoms with Crippen LogP contribution >= 0.6 is 11.5 Å². The highest BCUT2D eigenvalue weighted by Crippen LogP contribution is 2.39. The minimum absolute atomic E-state index is 0.185. The maximum absolute atomic E-state index is 13.1. The van der Waals surface area contributed by atoms with E-state index in [1.165, 1.54) is 24.0 Å². The molecule has 4 rings (SSSR count). The number of carbonyl (C=O) groups excluding carboxylic acids is 1. The van der Waals surface area contributed by atoms with E-state index in [0.29, 0.717) is 24.7 Å². The second-order valence-electron chi connectivity index (χ2n) is 7.92. The number of allylic oxidation sites excluding steroid dienone is 4. The number of nitrogens with two attached hydrogens (primary N) is 1. The zero-order chi connectivity index (χ0) is 23.3. The molecule has 2 aromatic rings. The van der Waals surface area contributed by atoms with E-state index in [4.69, 9.17) is 5.73 Å². The number of hydrogen-bond donors (Lipinski definition) is 2. The summed E-state index contributed by atoms with van der Waals surface area (Å²) in [5.41, 5.74) is 10.4. The van der Waals surface area contributed by atoms with Crippen molar-refractivity contribution in [3.05, 3.63) is 81.2 Å². The molecule has 0 saturated heterocycles. The summed E-state index contributed by atoms with van der Waals surface area (Å²) in [5.74, 6) is -0.185. The zero-order valence-corrected chi connectivity index (χ0v) is 19.4. The number of carbonyl (C=O) groups is 1. The molecular weight excluding hydrogens is 425 g/mol. The fourth-order valence-corrected chi connectivity index (χ4v) is 4.63. The lowest BCUT2D eigenvalue weighted by Crippen LogP contribution is -2.24. The molecule has 1 fully saturated rings. The number of ketones is 1. The standard InChI is InChI=1S/C23H25N3O2S.C2H5F/c1-3-15(5-4-14(2)10-11-24)16-6-9-19-17(12-16)13-26(18-7-8-18)23-20(21(19)27)22(28)25-29-23;1-2-3/h3-6,9,12,18H,1,7-8,10-11,13,24H2,2H3,(H,25,28);2H2,1H3/b14-4+,15-5+;. The van der Waals surface area contributed by atoms with Gasteiger partial charge in [-0.2, -0.15) is 0 Å². The van der Waals surface area contributed by atoms with E-state index < -0.39 is 0 Å². The summed E-state index contributed by atoms with van der Waals surface area (Å²) < 4.78 is 13.0. The molecule has 0 atom stereocenters. The normalized spacial score (nSPS) is 16.0. The molecule has 1 aliphatic heterocycles. The number of halogens is 1. The average molecular weight is 456 g/mol. The number of rotatable bonds is 6. The fourth-order valence-electron chi connectivity index (χ4n) is 3.72. The number of H-pyrrole nitrogens is 1. The van der Waals surface area contributed by atoms with Gasteiger partial charge in [-0.25, -0.2) is 0 Å². The number of aromatic amines is 1. The number of benzene rings is 1. The van der Waals surface area contributed by atoms with Gasteiger partial charge in [-0.1, -0.05) is 42.5 Å². The third-order valence-corrected chi connectivity index (χ3v) is 6.41. The van der Waals surface area contributed by atoms with Gasteiger partial charge in [-0.3, -0.25) is 18.4 Å². The van der Waals surface area contributed by atoms with Crippen molar-refractivity contribution in [2.45, 2.75) is 45.7 Å². The molecule has 1 aliphatic carbocycles. The molecule has 2 heterocycles. The molecule has 0 radical (unpaired) electrons. The summed E-state index contributed by atoms with van der Waals surface area (Å²) in [6.07, 6.45) is 8.97. The van der Waals surface area contributed by atoms with Gasteiger partial charge in [-0.15, -0.1) is 0 Å². The summed E-state index contributed by atoms with van der Waals surface area (Å²) in [6.45, 7) is 8.48. The van der Waals surface area contributed by atoms with Gasteiger partial charge in [0.05, 0.1) is 6.67 Å². The van der Waals surface area contributed by atoms with Gasteiger partial charge in [0.2, 0.25) is 5.78 Å². The van der Waals surface area contributed by atoms with Crippen LogP contribution in [0.2, 0.25) is 0 Å². The van der Waals surface area contributed by atoms with Crippen molar-refractivity contribution in [3.63, 3.8) is 0 Å².